The molecule has 17 rings (SSSR count). The first-order chi connectivity index (χ1) is 37.2. The normalized spacial score (nSPS) is 14.0. The second-order valence-electron chi connectivity index (χ2n) is 20.3. The van der Waals surface area contributed by atoms with Crippen molar-refractivity contribution in [3.8, 4) is 11.5 Å². The Morgan fingerprint density at radius 3 is 1.28 bits per heavy atom. The van der Waals surface area contributed by atoms with Crippen LogP contribution in [0.1, 0.15) is 0 Å². The molecule has 0 unspecified atom stereocenters. The Morgan fingerprint density at radius 1 is 0.307 bits per heavy atom. The summed E-state index contributed by atoms with van der Waals surface area (Å²) in [5, 5.41) is 0. The first kappa shape index (κ1) is 41.4. The van der Waals surface area contributed by atoms with Gasteiger partial charge in [-0.1, -0.05) is 163 Å². The van der Waals surface area contributed by atoms with Gasteiger partial charge in [0.2, 0.25) is 6.71 Å². The van der Waals surface area contributed by atoms with Gasteiger partial charge in [-0.25, -0.2) is 0 Å². The molecule has 0 N–H and O–H groups in total. The van der Waals surface area contributed by atoms with Crippen molar-refractivity contribution >= 4 is 149 Å². The minimum Gasteiger partial charge on any atom is -0.458 e. The molecule has 11 aromatic carbocycles. The van der Waals surface area contributed by atoms with E-state index >= 15 is 0 Å². The summed E-state index contributed by atoms with van der Waals surface area (Å²) in [6.45, 7) is -0.0870. The third-order valence-electron chi connectivity index (χ3n) is 16.5. The molecule has 0 atom stereocenters. The molecule has 346 valence electrons. The first-order valence-electron chi connectivity index (χ1n) is 25.9. The molecule has 9 heteroatoms. The molecule has 0 aromatic heterocycles. The third kappa shape index (κ3) is 5.79. The van der Waals surface area contributed by atoms with Gasteiger partial charge in [-0.2, -0.15) is 0 Å². The van der Waals surface area contributed by atoms with Gasteiger partial charge in [0.1, 0.15) is 11.5 Å². The van der Waals surface area contributed by atoms with E-state index < -0.39 is 0 Å². The van der Waals surface area contributed by atoms with Gasteiger partial charge in [0.05, 0.1) is 0 Å². The highest BCUT2D eigenvalue weighted by Gasteiger charge is 2.52. The number of ether oxygens (including phenoxy) is 1. The van der Waals surface area contributed by atoms with E-state index in [0.717, 1.165) is 45.6 Å². The second kappa shape index (κ2) is 15.7. The smallest absolute Gasteiger partial charge is 0.256 e. The maximum Gasteiger partial charge on any atom is 0.256 e. The average Bonchev–Trinajstić information content (AvgIpc) is 3.50. The molecule has 0 amide bonds. The van der Waals surface area contributed by atoms with Gasteiger partial charge in [0.25, 0.3) is 13.4 Å². The number of benzene rings is 11. The molecule has 6 heterocycles. The Balaban J connectivity index is 0.918. The SMILES string of the molecule is c1ccc(N(c2ccccc2)c2cc3c4c(c2)N(c2ccccc2)c2ccccc2B4c2cc4c(cc2S3)B2c3ccccc3N3c5ccccc5B5c6ccccc6N(c6ccccc6)c6cc(c2c3c65)O4)cc1. The minimum absolute atomic E-state index is 0.0309. The van der Waals surface area contributed by atoms with Crippen LogP contribution in [0.2, 0.25) is 0 Å². The average molecular weight is 971 g/mol. The molecular weight excluding hydrogens is 929 g/mol. The van der Waals surface area contributed by atoms with Crippen LogP contribution >= 0.6 is 11.8 Å². The number of hydrogen-bond donors (Lipinski definition) is 0. The Morgan fingerprint density at radius 2 is 0.747 bits per heavy atom. The Kier molecular flexibility index (Phi) is 8.69. The second-order valence-corrected chi connectivity index (χ2v) is 21.4. The lowest BCUT2D eigenvalue weighted by atomic mass is 9.29. The van der Waals surface area contributed by atoms with Crippen LogP contribution in [0, 0.1) is 0 Å². The van der Waals surface area contributed by atoms with E-state index in [2.05, 4.69) is 268 Å². The third-order valence-corrected chi connectivity index (χ3v) is 17.6. The monoisotopic (exact) mass is 970 g/mol. The molecular formula is C66H41B3N4OS. The number of para-hydroxylation sites is 8. The van der Waals surface area contributed by atoms with Crippen LogP contribution in [0.15, 0.2) is 259 Å². The van der Waals surface area contributed by atoms with Crippen LogP contribution in [0.4, 0.5) is 68.2 Å². The fourth-order valence-electron chi connectivity index (χ4n) is 13.6. The summed E-state index contributed by atoms with van der Waals surface area (Å²) in [7, 11) is 0. The van der Waals surface area contributed by atoms with Gasteiger partial charge >= 0.3 is 0 Å². The zero-order chi connectivity index (χ0) is 48.9. The predicted molar refractivity (Wildman–Crippen MR) is 316 cm³/mol. The van der Waals surface area contributed by atoms with Crippen LogP contribution in [-0.4, -0.2) is 20.1 Å². The van der Waals surface area contributed by atoms with E-state index in [1.54, 1.807) is 0 Å². The molecule has 5 nitrogen and oxygen atoms in total. The summed E-state index contributed by atoms with van der Waals surface area (Å²) < 4.78 is 7.62. The highest BCUT2D eigenvalue weighted by molar-refractivity contribution is 8.00. The van der Waals surface area contributed by atoms with Gasteiger partial charge < -0.3 is 24.3 Å². The van der Waals surface area contributed by atoms with Crippen LogP contribution in [0.25, 0.3) is 0 Å². The Labute approximate surface area is 441 Å². The Bertz CT molecular complexity index is 4150. The fourth-order valence-corrected chi connectivity index (χ4v) is 14.8. The highest BCUT2D eigenvalue weighted by Crippen LogP contribution is 2.50. The van der Waals surface area contributed by atoms with Crippen LogP contribution in [0.5, 0.6) is 11.5 Å². The van der Waals surface area contributed by atoms with Gasteiger partial charge in [-0.05, 0) is 141 Å². The fraction of sp³-hybridized carbons (Fsp3) is 0. The maximum absolute atomic E-state index is 7.62. The summed E-state index contributed by atoms with van der Waals surface area (Å²) in [6, 6.07) is 91.8. The zero-order valence-electron chi connectivity index (χ0n) is 40.5. The maximum atomic E-state index is 7.62. The predicted octanol–water partition coefficient (Wildman–Crippen LogP) is 10.9. The van der Waals surface area contributed by atoms with E-state index in [1.165, 1.54) is 93.1 Å². The van der Waals surface area contributed by atoms with E-state index in [4.69, 9.17) is 4.74 Å². The van der Waals surface area contributed by atoms with E-state index in [0.29, 0.717) is 0 Å². The molecule has 0 bridgehead atoms. The summed E-state index contributed by atoms with van der Waals surface area (Å²) >= 11 is 1.90. The summed E-state index contributed by atoms with van der Waals surface area (Å²) in [6.07, 6.45) is 0. The van der Waals surface area contributed by atoms with E-state index in [9.17, 15) is 0 Å². The highest BCUT2D eigenvalue weighted by atomic mass is 32.2. The molecule has 11 aromatic rings. The number of rotatable bonds is 5. The summed E-state index contributed by atoms with van der Waals surface area (Å²) in [4.78, 5) is 12.4. The molecule has 6 aliphatic heterocycles. The molecule has 0 aliphatic carbocycles. The zero-order valence-corrected chi connectivity index (χ0v) is 41.3. The topological polar surface area (TPSA) is 22.2 Å². The molecule has 0 spiro atoms. The molecule has 75 heavy (non-hydrogen) atoms. The summed E-state index contributed by atoms with van der Waals surface area (Å²) in [5.74, 6) is 1.83. The minimum atomic E-state index is -0.0715. The lowest BCUT2D eigenvalue weighted by molar-refractivity contribution is 0.488. The van der Waals surface area contributed by atoms with Crippen LogP contribution < -0.4 is 73.5 Å². The number of fused-ring (bicyclic) bond motifs is 14. The van der Waals surface area contributed by atoms with Crippen molar-refractivity contribution in [2.45, 2.75) is 9.79 Å². The van der Waals surface area contributed by atoms with Crippen molar-refractivity contribution in [2.24, 2.45) is 0 Å². The molecule has 6 aliphatic rings. The van der Waals surface area contributed by atoms with Crippen molar-refractivity contribution in [1.29, 1.82) is 0 Å². The quantitative estimate of drug-likeness (QED) is 0.159. The number of nitrogens with zero attached hydrogens (tertiary/aromatic N) is 4. The molecule has 0 saturated heterocycles. The van der Waals surface area contributed by atoms with Gasteiger partial charge in [-0.3, -0.25) is 0 Å². The first-order valence-corrected chi connectivity index (χ1v) is 26.8. The molecule has 0 radical (unpaired) electrons. The van der Waals surface area contributed by atoms with Crippen molar-refractivity contribution in [3.05, 3.63) is 249 Å². The van der Waals surface area contributed by atoms with Crippen molar-refractivity contribution in [1.82, 2.24) is 0 Å². The summed E-state index contributed by atoms with van der Waals surface area (Å²) in [5.41, 5.74) is 25.5. The van der Waals surface area contributed by atoms with Gasteiger partial charge in [0.15, 0.2) is 0 Å². The van der Waals surface area contributed by atoms with Crippen LogP contribution in [0.3, 0.4) is 0 Å². The lowest BCUT2D eigenvalue weighted by Gasteiger charge is -2.49. The standard InChI is InChI=1S/C66H41B3N4OS/c1-5-21-42(22-6-1)70(43-23-7-2-8-24-43)46-37-57-63-62(38-46)75-61-40-51-59(39-52(61)69(63)48-30-14-18-34-54(48)71(57)44-25-9-3-10-26-44)74-60-41-58-64-66-65(60)68(51)50-32-16-20-36-56(50)73(66)55-35-19-15-31-49(55)67(64)47-29-13-17-33-53(47)72(58)45-27-11-4-12-28-45/h1-41H. The molecule has 0 saturated carbocycles. The largest absolute Gasteiger partial charge is 0.458 e. The lowest BCUT2D eigenvalue weighted by Crippen LogP contribution is -2.68. The van der Waals surface area contributed by atoms with E-state index in [-0.39, 0.29) is 20.1 Å². The number of hydrogen-bond acceptors (Lipinski definition) is 6. The van der Waals surface area contributed by atoms with Crippen LogP contribution in [-0.2, 0) is 0 Å². The Hall–Kier alpha value is -9.04. The molecule has 0 fully saturated rings. The van der Waals surface area contributed by atoms with Crippen molar-refractivity contribution in [2.75, 3.05) is 19.6 Å². The van der Waals surface area contributed by atoms with E-state index in [1.807, 2.05) is 11.8 Å². The van der Waals surface area contributed by atoms with Gasteiger partial charge in [0, 0.05) is 84.1 Å². The van der Waals surface area contributed by atoms with Crippen molar-refractivity contribution < 1.29 is 4.74 Å². The van der Waals surface area contributed by atoms with Crippen molar-refractivity contribution in [3.63, 3.8) is 0 Å². The number of anilines is 12. The van der Waals surface area contributed by atoms with Gasteiger partial charge in [-0.15, -0.1) is 0 Å².